The Hall–Kier alpha value is -2.75. The van der Waals surface area contributed by atoms with E-state index < -0.39 is 0 Å². The second-order valence-corrected chi connectivity index (χ2v) is 7.00. The van der Waals surface area contributed by atoms with Crippen LogP contribution in [0.5, 0.6) is 11.5 Å². The van der Waals surface area contributed by atoms with Gasteiger partial charge in [0.05, 0.1) is 26.3 Å². The van der Waals surface area contributed by atoms with Gasteiger partial charge in [0.1, 0.15) is 0 Å². The Kier molecular flexibility index (Phi) is 8.57. The second-order valence-electron chi connectivity index (χ2n) is 7.00. The first kappa shape index (κ1) is 22.9. The monoisotopic (exact) mass is 533 g/mol. The van der Waals surface area contributed by atoms with E-state index in [1.807, 2.05) is 47.3 Å². The number of nitrogens with zero attached hydrogens (tertiary/aromatic N) is 3. The van der Waals surface area contributed by atoms with E-state index >= 15 is 0 Å². The van der Waals surface area contributed by atoms with Crippen LogP contribution in [0.25, 0.3) is 0 Å². The summed E-state index contributed by atoms with van der Waals surface area (Å²) in [5, 5.41) is 11.0. The second kappa shape index (κ2) is 11.6. The van der Waals surface area contributed by atoms with Crippen LogP contribution in [0.3, 0.4) is 0 Å². The van der Waals surface area contributed by atoms with Crippen LogP contribution in [-0.2, 0) is 13.1 Å². The maximum Gasteiger partial charge on any atom is 0.196 e. The average molecular weight is 533 g/mol. The maximum atomic E-state index is 5.79. The van der Waals surface area contributed by atoms with Crippen molar-refractivity contribution in [2.24, 2.45) is 4.99 Å². The van der Waals surface area contributed by atoms with Crippen molar-refractivity contribution in [1.29, 1.82) is 0 Å². The van der Waals surface area contributed by atoms with Crippen molar-refractivity contribution < 1.29 is 9.47 Å². The molecule has 0 radical (unpaired) electrons. The molecule has 4 rings (SSSR count). The molecule has 0 unspecified atom stereocenters. The van der Waals surface area contributed by atoms with Gasteiger partial charge in [0.15, 0.2) is 17.5 Å². The zero-order valence-corrected chi connectivity index (χ0v) is 19.9. The van der Waals surface area contributed by atoms with Crippen LogP contribution in [0.4, 0.5) is 5.69 Å². The Morgan fingerprint density at radius 3 is 2.65 bits per heavy atom. The lowest BCUT2D eigenvalue weighted by Gasteiger charge is -2.14. The number of ether oxygens (including phenoxy) is 2. The molecular weight excluding hydrogens is 505 g/mol. The molecule has 0 saturated carbocycles. The first-order valence-electron chi connectivity index (χ1n) is 10.3. The quantitative estimate of drug-likeness (QED) is 0.281. The fraction of sp³-hybridized carbons (Fsp3) is 0.304. The smallest absolute Gasteiger partial charge is 0.196 e. The Bertz CT molecular complexity index is 991. The van der Waals surface area contributed by atoms with Gasteiger partial charge in [0.25, 0.3) is 0 Å². The number of aliphatic imine (C=N–C) groups is 1. The molecule has 0 aliphatic carbocycles. The van der Waals surface area contributed by atoms with Crippen molar-refractivity contribution in [3.05, 3.63) is 72.1 Å². The zero-order chi connectivity index (χ0) is 20.6. The van der Waals surface area contributed by atoms with E-state index in [1.165, 1.54) is 11.1 Å². The van der Waals surface area contributed by atoms with Crippen LogP contribution < -0.4 is 20.1 Å². The molecule has 0 bridgehead atoms. The minimum absolute atomic E-state index is 0. The normalized spacial score (nSPS) is 13.1. The highest BCUT2D eigenvalue weighted by Gasteiger charge is 2.11. The topological polar surface area (TPSA) is 72.7 Å². The molecular formula is C23H28IN5O2. The van der Waals surface area contributed by atoms with Crippen molar-refractivity contribution in [1.82, 2.24) is 15.1 Å². The lowest BCUT2D eigenvalue weighted by atomic mass is 10.1. The fourth-order valence-corrected chi connectivity index (χ4v) is 3.28. The summed E-state index contributed by atoms with van der Waals surface area (Å²) in [7, 11) is 0. The summed E-state index contributed by atoms with van der Waals surface area (Å²) in [6.07, 6.45) is 4.65. The SMILES string of the molecule is CCNC(=NCc1ccccc1Cn1cccn1)Nc1ccc2c(c1)OCCCO2.I. The molecule has 2 aromatic carbocycles. The van der Waals surface area contributed by atoms with E-state index in [0.717, 1.165) is 42.7 Å². The molecule has 1 aliphatic heterocycles. The number of guanidine groups is 1. The molecule has 7 nitrogen and oxygen atoms in total. The number of hydrogen-bond acceptors (Lipinski definition) is 4. The van der Waals surface area contributed by atoms with Gasteiger partial charge in [-0.3, -0.25) is 4.68 Å². The van der Waals surface area contributed by atoms with Gasteiger partial charge in [-0.25, -0.2) is 4.99 Å². The number of rotatable bonds is 6. The van der Waals surface area contributed by atoms with E-state index in [-0.39, 0.29) is 24.0 Å². The minimum atomic E-state index is 0. The van der Waals surface area contributed by atoms with Gasteiger partial charge in [-0.05, 0) is 36.2 Å². The molecule has 0 fully saturated rings. The van der Waals surface area contributed by atoms with E-state index in [1.54, 1.807) is 6.20 Å². The number of hydrogen-bond donors (Lipinski definition) is 2. The molecule has 2 heterocycles. The average Bonchev–Trinajstić information content (AvgIpc) is 3.16. The van der Waals surface area contributed by atoms with Crippen LogP contribution in [0.1, 0.15) is 24.5 Å². The fourth-order valence-electron chi connectivity index (χ4n) is 3.28. The standard InChI is InChI=1S/C23H27N5O2.HI/c1-2-24-23(27-20-9-10-21-22(15-20)30-14-6-13-29-21)25-16-18-7-3-4-8-19(18)17-28-12-5-11-26-28;/h3-5,7-12,15H,2,6,13-14,16-17H2,1H3,(H2,24,25,27);1H. The van der Waals surface area contributed by atoms with Gasteiger partial charge in [-0.1, -0.05) is 24.3 Å². The summed E-state index contributed by atoms with van der Waals surface area (Å²) in [5.74, 6) is 2.27. The molecule has 0 saturated heterocycles. The third-order valence-corrected chi connectivity index (χ3v) is 4.77. The minimum Gasteiger partial charge on any atom is -0.490 e. The van der Waals surface area contributed by atoms with Crippen molar-refractivity contribution in [3.63, 3.8) is 0 Å². The van der Waals surface area contributed by atoms with Gasteiger partial charge in [0, 0.05) is 37.1 Å². The van der Waals surface area contributed by atoms with Crippen LogP contribution in [0, 0.1) is 0 Å². The number of fused-ring (bicyclic) bond motifs is 1. The van der Waals surface area contributed by atoms with Gasteiger partial charge >= 0.3 is 0 Å². The molecule has 8 heteroatoms. The van der Waals surface area contributed by atoms with E-state index in [4.69, 9.17) is 14.5 Å². The third-order valence-electron chi connectivity index (χ3n) is 4.77. The van der Waals surface area contributed by atoms with Crippen molar-refractivity contribution in [2.45, 2.75) is 26.4 Å². The summed E-state index contributed by atoms with van der Waals surface area (Å²) in [6, 6.07) is 16.1. The largest absolute Gasteiger partial charge is 0.490 e. The summed E-state index contributed by atoms with van der Waals surface area (Å²) in [6.45, 7) is 5.46. The molecule has 2 N–H and O–H groups in total. The third kappa shape index (κ3) is 6.36. The first-order chi connectivity index (χ1) is 14.8. The summed E-state index contributed by atoms with van der Waals surface area (Å²) < 4.78 is 13.4. The van der Waals surface area contributed by atoms with E-state index in [2.05, 4.69) is 34.8 Å². The van der Waals surface area contributed by atoms with Crippen molar-refractivity contribution in [2.75, 3.05) is 25.1 Å². The lowest BCUT2D eigenvalue weighted by Crippen LogP contribution is -2.30. The van der Waals surface area contributed by atoms with E-state index in [9.17, 15) is 0 Å². The van der Waals surface area contributed by atoms with Gasteiger partial charge in [-0.2, -0.15) is 5.10 Å². The highest BCUT2D eigenvalue weighted by atomic mass is 127. The Morgan fingerprint density at radius 1 is 1.06 bits per heavy atom. The number of halogens is 1. The highest BCUT2D eigenvalue weighted by Crippen LogP contribution is 2.32. The summed E-state index contributed by atoms with van der Waals surface area (Å²) in [5.41, 5.74) is 3.28. The molecule has 31 heavy (non-hydrogen) atoms. The predicted octanol–water partition coefficient (Wildman–Crippen LogP) is 4.29. The summed E-state index contributed by atoms with van der Waals surface area (Å²) in [4.78, 5) is 4.79. The van der Waals surface area contributed by atoms with Crippen molar-refractivity contribution in [3.8, 4) is 11.5 Å². The Balaban J connectivity index is 0.00000272. The molecule has 0 spiro atoms. The van der Waals surface area contributed by atoms with Crippen LogP contribution in [0.15, 0.2) is 65.9 Å². The van der Waals surface area contributed by atoms with Gasteiger partial charge in [0.2, 0.25) is 0 Å². The molecule has 3 aromatic rings. The van der Waals surface area contributed by atoms with Crippen LogP contribution >= 0.6 is 24.0 Å². The van der Waals surface area contributed by atoms with Gasteiger partial charge < -0.3 is 20.1 Å². The number of aromatic nitrogens is 2. The highest BCUT2D eigenvalue weighted by molar-refractivity contribution is 14.0. The van der Waals surface area contributed by atoms with Crippen molar-refractivity contribution >= 4 is 35.6 Å². The molecule has 1 aliphatic rings. The zero-order valence-electron chi connectivity index (χ0n) is 17.6. The van der Waals surface area contributed by atoms with Crippen LogP contribution in [-0.4, -0.2) is 35.5 Å². The van der Waals surface area contributed by atoms with E-state index in [0.29, 0.717) is 19.8 Å². The van der Waals surface area contributed by atoms with Crippen LogP contribution in [0.2, 0.25) is 0 Å². The number of nitrogens with one attached hydrogen (secondary N) is 2. The Labute approximate surface area is 199 Å². The number of benzene rings is 2. The molecule has 164 valence electrons. The van der Waals surface area contributed by atoms with Gasteiger partial charge in [-0.15, -0.1) is 24.0 Å². The number of anilines is 1. The molecule has 1 aromatic heterocycles. The maximum absolute atomic E-state index is 5.79. The predicted molar refractivity (Wildman–Crippen MR) is 134 cm³/mol. The molecule has 0 atom stereocenters. The Morgan fingerprint density at radius 2 is 1.87 bits per heavy atom. The summed E-state index contributed by atoms with van der Waals surface area (Å²) >= 11 is 0. The molecule has 0 amide bonds. The first-order valence-corrected chi connectivity index (χ1v) is 10.3. The lowest BCUT2D eigenvalue weighted by molar-refractivity contribution is 0.297.